The van der Waals surface area contributed by atoms with Crippen LogP contribution in [-0.4, -0.2) is 24.8 Å². The van der Waals surface area contributed by atoms with Gasteiger partial charge in [0.2, 0.25) is 0 Å². The van der Waals surface area contributed by atoms with Crippen LogP contribution in [0.15, 0.2) is 23.3 Å². The molecule has 1 aromatic rings. The van der Waals surface area contributed by atoms with E-state index in [0.29, 0.717) is 30.7 Å². The quantitative estimate of drug-likeness (QED) is 0.447. The number of ether oxygens (including phenoxy) is 1. The highest BCUT2D eigenvalue weighted by atomic mass is 19.1. The first-order valence-corrected chi connectivity index (χ1v) is 13.6. The molecule has 1 aromatic carbocycles. The van der Waals surface area contributed by atoms with Crippen LogP contribution in [0, 0.1) is 51.0 Å². The lowest BCUT2D eigenvalue weighted by Gasteiger charge is -2.64. The van der Waals surface area contributed by atoms with Crippen LogP contribution < -0.4 is 5.01 Å². The Hall–Kier alpha value is -1.98. The molecule has 1 heterocycles. The number of fused-ring (bicyclic) bond motifs is 5. The number of anilines is 1. The van der Waals surface area contributed by atoms with E-state index in [4.69, 9.17) is 9.84 Å². The van der Waals surface area contributed by atoms with Gasteiger partial charge in [0.25, 0.3) is 0 Å². The minimum Gasteiger partial charge on any atom is -0.466 e. The first-order valence-electron chi connectivity index (χ1n) is 13.6. The summed E-state index contributed by atoms with van der Waals surface area (Å²) in [5.41, 5.74) is 1.44. The van der Waals surface area contributed by atoms with E-state index in [2.05, 4.69) is 20.8 Å². The van der Waals surface area contributed by atoms with Crippen molar-refractivity contribution >= 4 is 17.4 Å². The van der Waals surface area contributed by atoms with Crippen molar-refractivity contribution in [2.45, 2.75) is 79.1 Å². The maximum atomic E-state index is 14.7. The van der Waals surface area contributed by atoms with Crippen LogP contribution in [0.5, 0.6) is 0 Å². The zero-order valence-corrected chi connectivity index (χ0v) is 21.5. The lowest BCUT2D eigenvalue weighted by molar-refractivity contribution is -0.191. The van der Waals surface area contributed by atoms with Crippen LogP contribution in [0.1, 0.15) is 79.1 Å². The summed E-state index contributed by atoms with van der Waals surface area (Å²) in [6.07, 6.45) is 8.66. The van der Waals surface area contributed by atoms with E-state index in [-0.39, 0.29) is 28.1 Å². The summed E-state index contributed by atoms with van der Waals surface area (Å²) in [5, 5.41) is 6.83. The molecule has 4 aliphatic carbocycles. The number of benzene rings is 1. The number of hydrogen-bond donors (Lipinski definition) is 0. The molecule has 6 heteroatoms. The van der Waals surface area contributed by atoms with Crippen molar-refractivity contribution < 1.29 is 18.3 Å². The minimum atomic E-state index is -0.561. The molecule has 6 rings (SSSR count). The van der Waals surface area contributed by atoms with E-state index in [0.717, 1.165) is 51.0 Å². The molecule has 190 valence electrons. The van der Waals surface area contributed by atoms with E-state index in [1.54, 1.807) is 5.01 Å². The molecule has 0 saturated heterocycles. The number of halogens is 2. The van der Waals surface area contributed by atoms with E-state index >= 15 is 0 Å². The van der Waals surface area contributed by atoms with Crippen molar-refractivity contribution in [1.82, 2.24) is 0 Å². The number of hydrogen-bond acceptors (Lipinski definition) is 4. The van der Waals surface area contributed by atoms with Gasteiger partial charge in [0, 0.05) is 23.1 Å². The second-order valence-corrected chi connectivity index (χ2v) is 12.9. The highest BCUT2D eigenvalue weighted by Crippen LogP contribution is 2.75. The fraction of sp³-hybridized carbons (Fsp3) is 0.724. The van der Waals surface area contributed by atoms with E-state index in [9.17, 15) is 13.6 Å². The van der Waals surface area contributed by atoms with Crippen LogP contribution in [0.2, 0.25) is 0 Å². The molecule has 0 N–H and O–H groups in total. The summed E-state index contributed by atoms with van der Waals surface area (Å²) in [6.45, 7) is 9.97. The molecular formula is C29H38F2N2O2. The molecule has 5 aliphatic rings. The molecule has 35 heavy (non-hydrogen) atoms. The van der Waals surface area contributed by atoms with Gasteiger partial charge in [-0.25, -0.2) is 8.78 Å². The van der Waals surface area contributed by atoms with E-state index in [1.165, 1.54) is 24.3 Å². The van der Waals surface area contributed by atoms with Crippen molar-refractivity contribution in [3.05, 3.63) is 29.8 Å². The molecule has 4 saturated carbocycles. The van der Waals surface area contributed by atoms with Gasteiger partial charge in [-0.2, -0.15) is 5.10 Å². The Kier molecular flexibility index (Phi) is 5.03. The minimum absolute atomic E-state index is 0.0139. The van der Waals surface area contributed by atoms with Crippen molar-refractivity contribution in [2.75, 3.05) is 18.2 Å². The molecule has 0 radical (unpaired) electrons. The van der Waals surface area contributed by atoms with Crippen LogP contribution in [0.4, 0.5) is 14.5 Å². The monoisotopic (exact) mass is 484 g/mol. The van der Waals surface area contributed by atoms with Crippen molar-refractivity contribution in [3.8, 4) is 0 Å². The van der Waals surface area contributed by atoms with Crippen LogP contribution in [0.25, 0.3) is 0 Å². The third-order valence-corrected chi connectivity index (χ3v) is 11.2. The molecule has 7 atom stereocenters. The second kappa shape index (κ2) is 7.52. The molecule has 1 spiro atoms. The highest BCUT2D eigenvalue weighted by molar-refractivity contribution is 5.98. The number of carbonyl (C=O) groups excluding carboxylic acids is 1. The highest BCUT2D eigenvalue weighted by Gasteiger charge is 2.71. The fourth-order valence-electron chi connectivity index (χ4n) is 9.97. The molecule has 0 unspecified atom stereocenters. The molecular weight excluding hydrogens is 446 g/mol. The average molecular weight is 485 g/mol. The van der Waals surface area contributed by atoms with Crippen LogP contribution >= 0.6 is 0 Å². The maximum absolute atomic E-state index is 14.7. The Morgan fingerprint density at radius 2 is 1.89 bits per heavy atom. The van der Waals surface area contributed by atoms with Gasteiger partial charge in [-0.1, -0.05) is 20.3 Å². The molecule has 0 amide bonds. The van der Waals surface area contributed by atoms with Gasteiger partial charge < -0.3 is 4.74 Å². The lowest BCUT2D eigenvalue weighted by Crippen LogP contribution is -2.60. The van der Waals surface area contributed by atoms with Crippen LogP contribution in [0.3, 0.4) is 0 Å². The van der Waals surface area contributed by atoms with Gasteiger partial charge in [-0.05, 0) is 93.6 Å². The van der Waals surface area contributed by atoms with Gasteiger partial charge in [-0.3, -0.25) is 9.80 Å². The Morgan fingerprint density at radius 1 is 1.11 bits per heavy atom. The van der Waals surface area contributed by atoms with Crippen LogP contribution in [-0.2, 0) is 9.53 Å². The normalized spacial score (nSPS) is 43.8. The van der Waals surface area contributed by atoms with Crippen molar-refractivity contribution in [2.24, 2.45) is 44.5 Å². The zero-order chi connectivity index (χ0) is 24.8. The number of rotatable bonds is 3. The number of esters is 1. The molecule has 1 aliphatic heterocycles. The second-order valence-electron chi connectivity index (χ2n) is 12.9. The largest absolute Gasteiger partial charge is 0.466 e. The smallest absolute Gasteiger partial charge is 0.312 e. The number of nitrogens with zero attached hydrogens (tertiary/aromatic N) is 2. The fourth-order valence-corrected chi connectivity index (χ4v) is 9.97. The SMILES string of the molecule is CCOC(=O)[C@]1(C)CCC[C@@]2(C)[C@@H]3CC[C@@]4(C)C[C@]3(CC[C@@H]21)[C@@H]1CN(c2ccc(F)cc2F)N=C14. The van der Waals surface area contributed by atoms with Gasteiger partial charge in [-0.15, -0.1) is 0 Å². The van der Waals surface area contributed by atoms with E-state index < -0.39 is 17.0 Å². The average Bonchev–Trinajstić information content (AvgIpc) is 3.31. The van der Waals surface area contributed by atoms with Crippen molar-refractivity contribution in [3.63, 3.8) is 0 Å². The van der Waals surface area contributed by atoms with Gasteiger partial charge >= 0.3 is 5.97 Å². The Labute approximate surface area is 207 Å². The molecule has 2 bridgehead atoms. The maximum Gasteiger partial charge on any atom is 0.312 e. The summed E-state index contributed by atoms with van der Waals surface area (Å²) in [6, 6.07) is 3.80. The van der Waals surface area contributed by atoms with Crippen molar-refractivity contribution in [1.29, 1.82) is 0 Å². The first-order chi connectivity index (χ1) is 16.6. The first kappa shape index (κ1) is 23.4. The Bertz CT molecular complexity index is 1110. The topological polar surface area (TPSA) is 41.9 Å². The third-order valence-electron chi connectivity index (χ3n) is 11.2. The summed E-state index contributed by atoms with van der Waals surface area (Å²) in [5.74, 6) is 0.0151. The molecule has 4 fully saturated rings. The molecule has 4 nitrogen and oxygen atoms in total. The summed E-state index contributed by atoms with van der Waals surface area (Å²) in [4.78, 5) is 13.2. The standard InChI is InChI=1S/C29H38F2N2O2/c1-5-35-25(34)28(4)12-6-11-27(3)22(28)10-14-29-17-26(2,13-9-23(27)29)24-19(29)16-33(32-24)21-8-7-18(30)15-20(21)31/h7-8,15,19,22-23H,5-6,9-14,16-17H2,1-4H3/t19-,22+,23+,26+,27-,28-,29-/m1/s1. The molecule has 0 aromatic heterocycles. The van der Waals surface area contributed by atoms with Gasteiger partial charge in [0.15, 0.2) is 5.82 Å². The summed E-state index contributed by atoms with van der Waals surface area (Å²) in [7, 11) is 0. The lowest BCUT2D eigenvalue weighted by atomic mass is 9.39. The third kappa shape index (κ3) is 3.00. The summed E-state index contributed by atoms with van der Waals surface area (Å²) >= 11 is 0. The Morgan fingerprint density at radius 3 is 2.63 bits per heavy atom. The number of hydrazone groups is 1. The predicted octanol–water partition coefficient (Wildman–Crippen LogP) is 6.73. The Balaban J connectivity index is 1.37. The number of carbonyl (C=O) groups is 1. The zero-order valence-electron chi connectivity index (χ0n) is 21.5. The van der Waals surface area contributed by atoms with Gasteiger partial charge in [0.1, 0.15) is 5.82 Å². The van der Waals surface area contributed by atoms with Gasteiger partial charge in [0.05, 0.1) is 24.3 Å². The predicted molar refractivity (Wildman–Crippen MR) is 132 cm³/mol. The van der Waals surface area contributed by atoms with E-state index in [1.807, 2.05) is 6.92 Å². The summed E-state index contributed by atoms with van der Waals surface area (Å²) < 4.78 is 33.9.